The number of carbonyl (C=O) groups is 1. The minimum absolute atomic E-state index is 0.175. The van der Waals surface area contributed by atoms with E-state index in [-0.39, 0.29) is 23.9 Å². The molecule has 41 heavy (non-hydrogen) atoms. The number of halogens is 4. The molecule has 1 aromatic carbocycles. The van der Waals surface area contributed by atoms with E-state index in [2.05, 4.69) is 25.9 Å². The highest BCUT2D eigenvalue weighted by Gasteiger charge is 2.42. The maximum absolute atomic E-state index is 13.7. The van der Waals surface area contributed by atoms with Crippen molar-refractivity contribution in [3.63, 3.8) is 0 Å². The fourth-order valence-corrected chi connectivity index (χ4v) is 7.47. The second-order valence-electron chi connectivity index (χ2n) is 10.0. The zero-order valence-electron chi connectivity index (χ0n) is 22.1. The Morgan fingerprint density at radius 1 is 0.927 bits per heavy atom. The van der Waals surface area contributed by atoms with Gasteiger partial charge in [-0.3, -0.25) is 4.79 Å². The molecule has 2 saturated heterocycles. The number of oxazole rings is 1. The molecule has 0 spiro atoms. The van der Waals surface area contributed by atoms with E-state index < -0.39 is 33.4 Å². The van der Waals surface area contributed by atoms with E-state index >= 15 is 0 Å². The normalized spacial score (nSPS) is 17.5. The number of rotatable bonds is 7. The lowest BCUT2D eigenvalue weighted by molar-refractivity contribution is -0.141. The Kier molecular flexibility index (Phi) is 8.71. The molecule has 0 atom stereocenters. The van der Waals surface area contributed by atoms with Crippen molar-refractivity contribution < 1.29 is 30.8 Å². The number of hydrogen-bond donors (Lipinski definition) is 0. The van der Waals surface area contributed by atoms with E-state index in [9.17, 15) is 26.4 Å². The molecule has 2 aliphatic rings. The highest BCUT2D eigenvalue weighted by atomic mass is 79.9. The van der Waals surface area contributed by atoms with Crippen LogP contribution in [0.25, 0.3) is 0 Å². The molecule has 9 nitrogen and oxygen atoms in total. The van der Waals surface area contributed by atoms with Crippen molar-refractivity contribution in [3.05, 3.63) is 64.1 Å². The topological polar surface area (TPSA) is 99.9 Å². The van der Waals surface area contributed by atoms with Crippen LogP contribution >= 0.6 is 15.9 Å². The van der Waals surface area contributed by atoms with Gasteiger partial charge in [0, 0.05) is 56.4 Å². The molecule has 2 aromatic heterocycles. The third-order valence-electron chi connectivity index (χ3n) is 7.17. The summed E-state index contributed by atoms with van der Waals surface area (Å²) in [5.41, 5.74) is -0.880. The first kappa shape index (κ1) is 29.5. The van der Waals surface area contributed by atoms with Crippen molar-refractivity contribution in [2.45, 2.75) is 43.2 Å². The SMILES string of the molecule is O=C(Cc1ccc(N2CCCN(S(=O)(=O)c3ccccc3Br)CC2)nc1)c1oc(N2CCCCC2)nc1C(F)(F)F. The van der Waals surface area contributed by atoms with Gasteiger partial charge in [0.05, 0.1) is 4.90 Å². The van der Waals surface area contributed by atoms with E-state index in [1.807, 2.05) is 4.90 Å². The number of anilines is 2. The van der Waals surface area contributed by atoms with Crippen molar-refractivity contribution in [1.29, 1.82) is 0 Å². The van der Waals surface area contributed by atoms with E-state index in [1.165, 1.54) is 10.5 Å². The number of aromatic nitrogens is 2. The van der Waals surface area contributed by atoms with Gasteiger partial charge in [-0.25, -0.2) is 13.4 Å². The standard InChI is InChI=1S/C27H29BrF3N5O4S/c28-20-7-2-3-8-22(20)41(38,39)36-14-6-13-34(15-16-36)23-10-9-19(18-32-23)17-21(37)24-25(27(29,30)31)33-26(40-24)35-11-4-1-5-12-35/h2-3,7-10,18H,1,4-6,11-17H2. The number of Topliss-reactive ketones (excluding diaryl/α,β-unsaturated/α-hetero) is 1. The Hall–Kier alpha value is -2.97. The molecule has 0 saturated carbocycles. The predicted molar refractivity (Wildman–Crippen MR) is 150 cm³/mol. The third kappa shape index (κ3) is 6.59. The van der Waals surface area contributed by atoms with Crippen LogP contribution in [0.3, 0.4) is 0 Å². The van der Waals surface area contributed by atoms with Crippen LogP contribution in [-0.2, 0) is 22.6 Å². The summed E-state index contributed by atoms with van der Waals surface area (Å²) in [4.78, 5) is 24.8. The van der Waals surface area contributed by atoms with Gasteiger partial charge in [-0.1, -0.05) is 18.2 Å². The number of ketones is 1. The molecule has 3 aromatic rings. The minimum Gasteiger partial charge on any atom is -0.420 e. The first-order valence-corrected chi connectivity index (χ1v) is 15.6. The van der Waals surface area contributed by atoms with E-state index in [1.54, 1.807) is 41.3 Å². The lowest BCUT2D eigenvalue weighted by Crippen LogP contribution is -2.35. The van der Waals surface area contributed by atoms with Crippen LogP contribution in [0.15, 0.2) is 56.4 Å². The fraction of sp³-hybridized carbons (Fsp3) is 0.444. The van der Waals surface area contributed by atoms with Crippen molar-refractivity contribution in [2.75, 3.05) is 49.1 Å². The molecule has 0 radical (unpaired) electrons. The van der Waals surface area contributed by atoms with Gasteiger partial charge in [0.25, 0.3) is 6.01 Å². The molecule has 0 N–H and O–H groups in total. The van der Waals surface area contributed by atoms with Gasteiger partial charge in [-0.05, 0) is 65.4 Å². The summed E-state index contributed by atoms with van der Waals surface area (Å²) in [6.07, 6.45) is -0.502. The maximum atomic E-state index is 13.7. The summed E-state index contributed by atoms with van der Waals surface area (Å²) in [6.45, 7) is 2.64. The number of pyridine rings is 1. The highest BCUT2D eigenvalue weighted by molar-refractivity contribution is 9.10. The van der Waals surface area contributed by atoms with Gasteiger partial charge in [-0.15, -0.1) is 0 Å². The van der Waals surface area contributed by atoms with Gasteiger partial charge < -0.3 is 14.2 Å². The van der Waals surface area contributed by atoms with Gasteiger partial charge >= 0.3 is 6.18 Å². The number of nitrogens with zero attached hydrogens (tertiary/aromatic N) is 5. The van der Waals surface area contributed by atoms with Crippen LogP contribution in [0.4, 0.5) is 25.0 Å². The molecule has 4 heterocycles. The van der Waals surface area contributed by atoms with Crippen LogP contribution in [-0.4, -0.2) is 67.7 Å². The molecule has 0 unspecified atom stereocenters. The Balaban J connectivity index is 1.26. The Labute approximate surface area is 244 Å². The Morgan fingerprint density at radius 3 is 2.34 bits per heavy atom. The lowest BCUT2D eigenvalue weighted by Gasteiger charge is -2.24. The molecular formula is C27H29BrF3N5O4S. The van der Waals surface area contributed by atoms with Gasteiger partial charge in [0.2, 0.25) is 21.6 Å². The molecule has 2 fully saturated rings. The largest absolute Gasteiger partial charge is 0.437 e. The van der Waals surface area contributed by atoms with E-state index in [4.69, 9.17) is 4.42 Å². The number of hydrogen-bond acceptors (Lipinski definition) is 8. The minimum atomic E-state index is -4.82. The van der Waals surface area contributed by atoms with E-state index in [0.717, 1.165) is 19.3 Å². The maximum Gasteiger partial charge on any atom is 0.437 e. The first-order chi connectivity index (χ1) is 19.5. The fourth-order valence-electron chi connectivity index (χ4n) is 5.04. The Bertz CT molecular complexity index is 1490. The summed E-state index contributed by atoms with van der Waals surface area (Å²) in [6, 6.07) is 9.83. The van der Waals surface area contributed by atoms with Gasteiger partial charge in [0.15, 0.2) is 5.69 Å². The summed E-state index contributed by atoms with van der Waals surface area (Å²) in [7, 11) is -3.68. The van der Waals surface area contributed by atoms with Gasteiger partial charge in [0.1, 0.15) is 5.82 Å². The van der Waals surface area contributed by atoms with Crippen LogP contribution in [0.5, 0.6) is 0 Å². The number of alkyl halides is 3. The van der Waals surface area contributed by atoms with Crippen LogP contribution in [0.1, 0.15) is 47.5 Å². The van der Waals surface area contributed by atoms with Crippen molar-refractivity contribution in [3.8, 4) is 0 Å². The molecule has 0 amide bonds. The summed E-state index contributed by atoms with van der Waals surface area (Å²) in [5.74, 6) is -1.03. The van der Waals surface area contributed by atoms with Crippen molar-refractivity contribution in [2.24, 2.45) is 0 Å². The number of piperidine rings is 1. The smallest absolute Gasteiger partial charge is 0.420 e. The zero-order valence-corrected chi connectivity index (χ0v) is 24.5. The monoisotopic (exact) mass is 655 g/mol. The van der Waals surface area contributed by atoms with Crippen LogP contribution < -0.4 is 9.80 Å². The Morgan fingerprint density at radius 2 is 1.66 bits per heavy atom. The summed E-state index contributed by atoms with van der Waals surface area (Å²) in [5, 5.41) is 0. The zero-order chi connectivity index (χ0) is 29.2. The van der Waals surface area contributed by atoms with Gasteiger partial charge in [-0.2, -0.15) is 22.5 Å². The molecule has 220 valence electrons. The number of benzene rings is 1. The molecule has 0 bridgehead atoms. The highest BCUT2D eigenvalue weighted by Crippen LogP contribution is 2.35. The second-order valence-corrected chi connectivity index (χ2v) is 12.8. The quantitative estimate of drug-likeness (QED) is 0.322. The second kappa shape index (κ2) is 12.1. The first-order valence-electron chi connectivity index (χ1n) is 13.3. The lowest BCUT2D eigenvalue weighted by atomic mass is 10.1. The van der Waals surface area contributed by atoms with Crippen molar-refractivity contribution >= 4 is 43.6 Å². The summed E-state index contributed by atoms with van der Waals surface area (Å²) < 4.78 is 74.8. The third-order valence-corrected chi connectivity index (χ3v) is 10.1. The number of carbonyl (C=O) groups excluding carboxylic acids is 1. The van der Waals surface area contributed by atoms with Crippen molar-refractivity contribution in [1.82, 2.24) is 14.3 Å². The average Bonchev–Trinajstić information content (AvgIpc) is 3.27. The summed E-state index contributed by atoms with van der Waals surface area (Å²) >= 11 is 3.32. The van der Waals surface area contributed by atoms with Crippen LogP contribution in [0.2, 0.25) is 0 Å². The van der Waals surface area contributed by atoms with E-state index in [0.29, 0.717) is 55.0 Å². The molecule has 0 aliphatic carbocycles. The average molecular weight is 657 g/mol. The molecule has 14 heteroatoms. The molecule has 2 aliphatic heterocycles. The molecule has 5 rings (SSSR count). The number of sulfonamides is 1. The predicted octanol–water partition coefficient (Wildman–Crippen LogP) is 5.17. The molecular weight excluding hydrogens is 627 g/mol. The van der Waals surface area contributed by atoms with Crippen LogP contribution in [0, 0.1) is 0 Å².